The third-order valence-electron chi connectivity index (χ3n) is 3.23. The van der Waals surface area contributed by atoms with Crippen molar-refractivity contribution in [2.24, 2.45) is 0 Å². The summed E-state index contributed by atoms with van der Waals surface area (Å²) in [5, 5.41) is 0.894. The lowest BCUT2D eigenvalue weighted by atomic mass is 10.2. The number of thiophene rings is 1. The smallest absolute Gasteiger partial charge is 0.266 e. The van der Waals surface area contributed by atoms with Gasteiger partial charge in [0.15, 0.2) is 0 Å². The number of thioether (sulfide) groups is 1. The Morgan fingerprint density at radius 1 is 1.37 bits per heavy atom. The molecule has 2 aromatic rings. The SMILES string of the molecule is Cc1ccc2c(N)c(C(=O)N3CCSCC3)sc2n1. The maximum absolute atomic E-state index is 12.5. The highest BCUT2D eigenvalue weighted by Crippen LogP contribution is 2.33. The second-order valence-electron chi connectivity index (χ2n) is 4.55. The van der Waals surface area contributed by atoms with Gasteiger partial charge in [-0.3, -0.25) is 4.79 Å². The quantitative estimate of drug-likeness (QED) is 0.877. The average Bonchev–Trinajstić information content (AvgIpc) is 2.75. The molecule has 1 fully saturated rings. The van der Waals surface area contributed by atoms with E-state index in [-0.39, 0.29) is 5.91 Å². The minimum absolute atomic E-state index is 0.0541. The molecular formula is C13H15N3OS2. The molecule has 0 atom stereocenters. The number of rotatable bonds is 1. The highest BCUT2D eigenvalue weighted by molar-refractivity contribution is 7.99. The molecule has 100 valence electrons. The van der Waals surface area contributed by atoms with Crippen molar-refractivity contribution in [2.75, 3.05) is 30.3 Å². The maximum Gasteiger partial charge on any atom is 0.266 e. The Morgan fingerprint density at radius 3 is 2.84 bits per heavy atom. The molecule has 0 spiro atoms. The molecule has 1 aliphatic rings. The molecule has 0 aromatic carbocycles. The first-order valence-electron chi connectivity index (χ1n) is 6.19. The van der Waals surface area contributed by atoms with E-state index in [1.807, 2.05) is 35.7 Å². The fraction of sp³-hybridized carbons (Fsp3) is 0.385. The highest BCUT2D eigenvalue weighted by Gasteiger charge is 2.23. The summed E-state index contributed by atoms with van der Waals surface area (Å²) in [5.41, 5.74) is 7.64. The van der Waals surface area contributed by atoms with Crippen molar-refractivity contribution in [1.82, 2.24) is 9.88 Å². The number of carbonyl (C=O) groups is 1. The van der Waals surface area contributed by atoms with Crippen LogP contribution in [0.25, 0.3) is 10.2 Å². The van der Waals surface area contributed by atoms with E-state index < -0.39 is 0 Å². The lowest BCUT2D eigenvalue weighted by Crippen LogP contribution is -2.37. The summed E-state index contributed by atoms with van der Waals surface area (Å²) in [6, 6.07) is 3.88. The predicted molar refractivity (Wildman–Crippen MR) is 82.0 cm³/mol. The van der Waals surface area contributed by atoms with Crippen LogP contribution in [0, 0.1) is 6.92 Å². The van der Waals surface area contributed by atoms with E-state index in [1.54, 1.807) is 0 Å². The number of pyridine rings is 1. The van der Waals surface area contributed by atoms with Gasteiger partial charge in [0.2, 0.25) is 0 Å². The van der Waals surface area contributed by atoms with E-state index in [9.17, 15) is 4.79 Å². The Balaban J connectivity index is 2.00. The number of hydrogen-bond donors (Lipinski definition) is 1. The minimum Gasteiger partial charge on any atom is -0.397 e. The summed E-state index contributed by atoms with van der Waals surface area (Å²) in [6.07, 6.45) is 0. The molecule has 1 amide bonds. The van der Waals surface area contributed by atoms with Crippen LogP contribution in [-0.4, -0.2) is 40.4 Å². The molecule has 2 aromatic heterocycles. The van der Waals surface area contributed by atoms with Crippen LogP contribution in [-0.2, 0) is 0 Å². The van der Waals surface area contributed by atoms with Crippen LogP contribution in [0.1, 0.15) is 15.4 Å². The van der Waals surface area contributed by atoms with Crippen LogP contribution in [0.2, 0.25) is 0 Å². The van der Waals surface area contributed by atoms with E-state index in [0.29, 0.717) is 10.6 Å². The first kappa shape index (κ1) is 12.7. The molecule has 1 aliphatic heterocycles. The zero-order valence-electron chi connectivity index (χ0n) is 10.7. The van der Waals surface area contributed by atoms with Gasteiger partial charge in [0.05, 0.1) is 5.69 Å². The normalized spacial score (nSPS) is 15.9. The Kier molecular flexibility index (Phi) is 3.36. The van der Waals surface area contributed by atoms with E-state index in [1.165, 1.54) is 11.3 Å². The van der Waals surface area contributed by atoms with Crippen molar-refractivity contribution >= 4 is 44.9 Å². The van der Waals surface area contributed by atoms with Crippen molar-refractivity contribution < 1.29 is 4.79 Å². The number of aryl methyl sites for hydroxylation is 1. The van der Waals surface area contributed by atoms with Crippen molar-refractivity contribution in [2.45, 2.75) is 6.92 Å². The van der Waals surface area contributed by atoms with Gasteiger partial charge in [-0.25, -0.2) is 4.98 Å². The van der Waals surface area contributed by atoms with Crippen molar-refractivity contribution in [3.05, 3.63) is 22.7 Å². The molecule has 1 saturated heterocycles. The number of nitrogens with two attached hydrogens (primary N) is 1. The molecular weight excluding hydrogens is 278 g/mol. The summed E-state index contributed by atoms with van der Waals surface area (Å²) in [4.78, 5) is 20.3. The first-order valence-corrected chi connectivity index (χ1v) is 8.16. The maximum atomic E-state index is 12.5. The van der Waals surface area contributed by atoms with Gasteiger partial charge in [0.1, 0.15) is 9.71 Å². The molecule has 0 bridgehead atoms. The Labute approximate surface area is 120 Å². The zero-order chi connectivity index (χ0) is 13.4. The van der Waals surface area contributed by atoms with E-state index in [2.05, 4.69) is 4.98 Å². The molecule has 3 rings (SSSR count). The lowest BCUT2D eigenvalue weighted by molar-refractivity contribution is 0.0778. The fourth-order valence-electron chi connectivity index (χ4n) is 2.16. The Bertz CT molecular complexity index is 632. The summed E-state index contributed by atoms with van der Waals surface area (Å²) >= 11 is 3.29. The number of carbonyl (C=O) groups excluding carboxylic acids is 1. The number of aromatic nitrogens is 1. The van der Waals surface area contributed by atoms with Gasteiger partial charge in [-0.1, -0.05) is 0 Å². The van der Waals surface area contributed by atoms with Crippen LogP contribution < -0.4 is 5.73 Å². The second kappa shape index (κ2) is 5.02. The van der Waals surface area contributed by atoms with E-state index in [4.69, 9.17) is 5.73 Å². The van der Waals surface area contributed by atoms with Gasteiger partial charge in [-0.15, -0.1) is 11.3 Å². The Hall–Kier alpha value is -1.27. The van der Waals surface area contributed by atoms with Crippen LogP contribution in [0.4, 0.5) is 5.69 Å². The van der Waals surface area contributed by atoms with Gasteiger partial charge < -0.3 is 10.6 Å². The molecule has 19 heavy (non-hydrogen) atoms. The standard InChI is InChI=1S/C13H15N3OS2/c1-8-2-3-9-10(14)11(19-12(9)15-8)13(17)16-4-6-18-7-5-16/h2-3H,4-7,14H2,1H3. The van der Waals surface area contributed by atoms with Crippen LogP contribution in [0.15, 0.2) is 12.1 Å². The lowest BCUT2D eigenvalue weighted by Gasteiger charge is -2.26. The van der Waals surface area contributed by atoms with E-state index in [0.717, 1.165) is 40.5 Å². The predicted octanol–water partition coefficient (Wildman–Crippen LogP) is 2.38. The molecule has 4 nitrogen and oxygen atoms in total. The summed E-state index contributed by atoms with van der Waals surface area (Å²) < 4.78 is 0. The number of nitrogens with zero attached hydrogens (tertiary/aromatic N) is 2. The van der Waals surface area contributed by atoms with Crippen LogP contribution in [0.3, 0.4) is 0 Å². The number of fused-ring (bicyclic) bond motifs is 1. The van der Waals surface area contributed by atoms with Crippen molar-refractivity contribution in [3.8, 4) is 0 Å². The van der Waals surface area contributed by atoms with Gasteiger partial charge in [-0.05, 0) is 19.1 Å². The van der Waals surface area contributed by atoms with Gasteiger partial charge in [-0.2, -0.15) is 11.8 Å². The van der Waals surface area contributed by atoms with Gasteiger partial charge in [0, 0.05) is 35.7 Å². The third kappa shape index (κ3) is 2.30. The number of nitrogen functional groups attached to an aromatic ring is 1. The Morgan fingerprint density at radius 2 is 2.11 bits per heavy atom. The highest BCUT2D eigenvalue weighted by atomic mass is 32.2. The molecule has 0 saturated carbocycles. The summed E-state index contributed by atoms with van der Waals surface area (Å²) in [7, 11) is 0. The van der Waals surface area contributed by atoms with Crippen LogP contribution >= 0.6 is 23.1 Å². The van der Waals surface area contributed by atoms with Crippen molar-refractivity contribution in [3.63, 3.8) is 0 Å². The largest absolute Gasteiger partial charge is 0.397 e. The summed E-state index contributed by atoms with van der Waals surface area (Å²) in [5.74, 6) is 2.07. The number of amides is 1. The zero-order valence-corrected chi connectivity index (χ0v) is 12.3. The molecule has 0 aliphatic carbocycles. The molecule has 2 N–H and O–H groups in total. The number of anilines is 1. The number of hydrogen-bond acceptors (Lipinski definition) is 5. The molecule has 0 unspecified atom stereocenters. The van der Waals surface area contributed by atoms with Gasteiger partial charge >= 0.3 is 0 Å². The minimum atomic E-state index is 0.0541. The summed E-state index contributed by atoms with van der Waals surface area (Å²) in [6.45, 7) is 3.56. The van der Waals surface area contributed by atoms with Crippen LogP contribution in [0.5, 0.6) is 0 Å². The third-order valence-corrected chi connectivity index (χ3v) is 5.27. The average molecular weight is 293 g/mol. The molecule has 6 heteroatoms. The monoisotopic (exact) mass is 293 g/mol. The first-order chi connectivity index (χ1) is 9.16. The van der Waals surface area contributed by atoms with Crippen molar-refractivity contribution in [1.29, 1.82) is 0 Å². The van der Waals surface area contributed by atoms with Gasteiger partial charge in [0.25, 0.3) is 5.91 Å². The molecule has 0 radical (unpaired) electrons. The van der Waals surface area contributed by atoms with E-state index >= 15 is 0 Å². The fourth-order valence-corrected chi connectivity index (χ4v) is 4.17. The topological polar surface area (TPSA) is 59.2 Å². The molecule has 3 heterocycles. The second-order valence-corrected chi connectivity index (χ2v) is 6.78.